The van der Waals surface area contributed by atoms with Crippen LogP contribution in [0.1, 0.15) is 42.4 Å². The van der Waals surface area contributed by atoms with Crippen molar-refractivity contribution in [3.05, 3.63) is 28.8 Å². The number of benzene rings is 1. The van der Waals surface area contributed by atoms with E-state index in [-0.39, 0.29) is 6.10 Å². The molecule has 1 aromatic rings. The van der Waals surface area contributed by atoms with Crippen molar-refractivity contribution >= 4 is 0 Å². The lowest BCUT2D eigenvalue weighted by Gasteiger charge is -2.18. The van der Waals surface area contributed by atoms with Crippen LogP contribution >= 0.6 is 0 Å². The van der Waals surface area contributed by atoms with Crippen molar-refractivity contribution in [2.45, 2.75) is 64.7 Å². The molecule has 1 aromatic carbocycles. The van der Waals surface area contributed by atoms with Crippen LogP contribution in [-0.2, 0) is 4.74 Å². The second kappa shape index (κ2) is 6.37. The zero-order valence-corrected chi connectivity index (χ0v) is 13.4. The summed E-state index contributed by atoms with van der Waals surface area (Å²) in [7, 11) is 0. The molecular weight excluding hydrogens is 262 g/mol. The van der Waals surface area contributed by atoms with Gasteiger partial charge in [-0.15, -0.1) is 0 Å². The fraction of sp³-hybridized carbons (Fsp3) is 0.667. The molecule has 116 valence electrons. The third-order valence-electron chi connectivity index (χ3n) is 4.69. The first-order valence-electron chi connectivity index (χ1n) is 8.22. The number of nitrogens with one attached hydrogen (secondary N) is 1. The SMILES string of the molecule is Cc1ccc(C)c(OCC2CCC(CNC3CC3)O2)c1C. The highest BCUT2D eigenvalue weighted by molar-refractivity contribution is 5.44. The van der Waals surface area contributed by atoms with Crippen LogP contribution < -0.4 is 10.1 Å². The molecule has 2 atom stereocenters. The van der Waals surface area contributed by atoms with Crippen LogP contribution in [0.15, 0.2) is 12.1 Å². The van der Waals surface area contributed by atoms with Gasteiger partial charge in [0.2, 0.25) is 0 Å². The van der Waals surface area contributed by atoms with Crippen LogP contribution in [0.2, 0.25) is 0 Å². The second-order valence-electron chi connectivity index (χ2n) is 6.60. The van der Waals surface area contributed by atoms with Crippen molar-refractivity contribution in [2.75, 3.05) is 13.2 Å². The monoisotopic (exact) mass is 289 g/mol. The number of rotatable bonds is 6. The third kappa shape index (κ3) is 3.78. The highest BCUT2D eigenvalue weighted by Crippen LogP contribution is 2.28. The molecule has 2 unspecified atom stereocenters. The molecule has 3 rings (SSSR count). The van der Waals surface area contributed by atoms with Gasteiger partial charge < -0.3 is 14.8 Å². The van der Waals surface area contributed by atoms with E-state index in [0.717, 1.165) is 31.2 Å². The van der Waals surface area contributed by atoms with Crippen LogP contribution in [0, 0.1) is 20.8 Å². The maximum Gasteiger partial charge on any atom is 0.125 e. The lowest BCUT2D eigenvalue weighted by molar-refractivity contribution is 0.0181. The smallest absolute Gasteiger partial charge is 0.125 e. The van der Waals surface area contributed by atoms with E-state index < -0.39 is 0 Å². The van der Waals surface area contributed by atoms with Gasteiger partial charge in [-0.2, -0.15) is 0 Å². The molecule has 1 aliphatic carbocycles. The van der Waals surface area contributed by atoms with Crippen molar-refractivity contribution in [3.8, 4) is 5.75 Å². The van der Waals surface area contributed by atoms with Gasteiger partial charge in [-0.3, -0.25) is 0 Å². The molecule has 0 aromatic heterocycles. The summed E-state index contributed by atoms with van der Waals surface area (Å²) in [4.78, 5) is 0. The Hall–Kier alpha value is -1.06. The highest BCUT2D eigenvalue weighted by atomic mass is 16.5. The molecule has 1 saturated carbocycles. The lowest BCUT2D eigenvalue weighted by atomic mass is 10.1. The molecule has 3 heteroatoms. The molecule has 1 aliphatic heterocycles. The van der Waals surface area contributed by atoms with Crippen LogP contribution in [0.3, 0.4) is 0 Å². The van der Waals surface area contributed by atoms with Crippen molar-refractivity contribution in [3.63, 3.8) is 0 Å². The Bertz CT molecular complexity index is 496. The Kier molecular flexibility index (Phi) is 4.51. The molecule has 2 aliphatic rings. The van der Waals surface area contributed by atoms with Crippen molar-refractivity contribution in [1.29, 1.82) is 0 Å². The fourth-order valence-electron chi connectivity index (χ4n) is 2.96. The predicted molar refractivity (Wildman–Crippen MR) is 85.1 cm³/mol. The summed E-state index contributed by atoms with van der Waals surface area (Å²) in [5.74, 6) is 1.04. The average molecular weight is 289 g/mol. The van der Waals surface area contributed by atoms with Gasteiger partial charge in [0.25, 0.3) is 0 Å². The van der Waals surface area contributed by atoms with Gasteiger partial charge in [-0.05, 0) is 63.1 Å². The van der Waals surface area contributed by atoms with Gasteiger partial charge in [0.05, 0.1) is 12.2 Å². The number of ether oxygens (including phenoxy) is 2. The lowest BCUT2D eigenvalue weighted by Crippen LogP contribution is -2.29. The Labute approximate surface area is 128 Å². The Balaban J connectivity index is 1.48. The van der Waals surface area contributed by atoms with E-state index in [1.54, 1.807) is 0 Å². The zero-order chi connectivity index (χ0) is 14.8. The Morgan fingerprint density at radius 1 is 1.05 bits per heavy atom. The maximum atomic E-state index is 6.08. The predicted octanol–water partition coefficient (Wildman–Crippen LogP) is 3.29. The van der Waals surface area contributed by atoms with Gasteiger partial charge in [-0.25, -0.2) is 0 Å². The van der Waals surface area contributed by atoms with Crippen molar-refractivity contribution in [1.82, 2.24) is 5.32 Å². The van der Waals surface area contributed by atoms with Crippen LogP contribution in [0.4, 0.5) is 0 Å². The molecule has 1 N–H and O–H groups in total. The Morgan fingerprint density at radius 3 is 2.52 bits per heavy atom. The minimum Gasteiger partial charge on any atom is -0.490 e. The maximum absolute atomic E-state index is 6.08. The van der Waals surface area contributed by atoms with Gasteiger partial charge in [0, 0.05) is 12.6 Å². The summed E-state index contributed by atoms with van der Waals surface area (Å²) >= 11 is 0. The number of hydrogen-bond donors (Lipinski definition) is 1. The first-order valence-corrected chi connectivity index (χ1v) is 8.22. The quantitative estimate of drug-likeness (QED) is 0.871. The topological polar surface area (TPSA) is 30.5 Å². The van der Waals surface area contributed by atoms with E-state index in [4.69, 9.17) is 9.47 Å². The molecule has 21 heavy (non-hydrogen) atoms. The molecule has 0 radical (unpaired) electrons. The summed E-state index contributed by atoms with van der Waals surface area (Å²) < 4.78 is 12.2. The molecule has 1 heterocycles. The molecule has 2 fully saturated rings. The van der Waals surface area contributed by atoms with E-state index in [0.29, 0.717) is 12.7 Å². The largest absolute Gasteiger partial charge is 0.490 e. The summed E-state index contributed by atoms with van der Waals surface area (Å²) in [6, 6.07) is 5.06. The van der Waals surface area contributed by atoms with E-state index in [9.17, 15) is 0 Å². The number of hydrogen-bond acceptors (Lipinski definition) is 3. The minimum atomic E-state index is 0.246. The Morgan fingerprint density at radius 2 is 1.76 bits per heavy atom. The third-order valence-corrected chi connectivity index (χ3v) is 4.69. The molecule has 3 nitrogen and oxygen atoms in total. The van der Waals surface area contributed by atoms with Crippen LogP contribution in [0.5, 0.6) is 5.75 Å². The first kappa shape index (κ1) is 14.9. The first-order chi connectivity index (χ1) is 10.1. The zero-order valence-electron chi connectivity index (χ0n) is 13.4. The van der Waals surface area contributed by atoms with Crippen molar-refractivity contribution in [2.24, 2.45) is 0 Å². The van der Waals surface area contributed by atoms with Crippen LogP contribution in [0.25, 0.3) is 0 Å². The van der Waals surface area contributed by atoms with E-state index in [2.05, 4.69) is 38.2 Å². The van der Waals surface area contributed by atoms with Gasteiger partial charge in [-0.1, -0.05) is 12.1 Å². The van der Waals surface area contributed by atoms with E-state index in [1.165, 1.54) is 29.5 Å². The fourth-order valence-corrected chi connectivity index (χ4v) is 2.96. The summed E-state index contributed by atoms with van der Waals surface area (Å²) in [5.41, 5.74) is 3.75. The summed E-state index contributed by atoms with van der Waals surface area (Å²) in [6.07, 6.45) is 5.56. The van der Waals surface area contributed by atoms with Gasteiger partial charge in [0.15, 0.2) is 0 Å². The normalized spacial score (nSPS) is 25.3. The summed E-state index contributed by atoms with van der Waals surface area (Å²) in [6.45, 7) is 8.05. The standard InChI is InChI=1S/C18H27NO2/c1-12-4-5-13(2)18(14(12)3)20-11-17-9-8-16(21-17)10-19-15-6-7-15/h4-5,15-17,19H,6-11H2,1-3H3. The van der Waals surface area contributed by atoms with E-state index >= 15 is 0 Å². The molecule has 0 bridgehead atoms. The summed E-state index contributed by atoms with van der Waals surface area (Å²) in [5, 5.41) is 3.55. The number of aryl methyl sites for hydroxylation is 2. The molecule has 0 spiro atoms. The minimum absolute atomic E-state index is 0.246. The molecule has 1 saturated heterocycles. The van der Waals surface area contributed by atoms with Crippen LogP contribution in [-0.4, -0.2) is 31.4 Å². The second-order valence-corrected chi connectivity index (χ2v) is 6.60. The average Bonchev–Trinajstić information content (AvgIpc) is 3.20. The highest BCUT2D eigenvalue weighted by Gasteiger charge is 2.28. The van der Waals surface area contributed by atoms with Gasteiger partial charge >= 0.3 is 0 Å². The molecule has 0 amide bonds. The van der Waals surface area contributed by atoms with Gasteiger partial charge in [0.1, 0.15) is 12.4 Å². The van der Waals surface area contributed by atoms with Crippen molar-refractivity contribution < 1.29 is 9.47 Å². The van der Waals surface area contributed by atoms with E-state index in [1.807, 2.05) is 0 Å². The molecular formula is C18H27NO2.